The molecule has 8 heteroatoms. The molecule has 0 saturated carbocycles. The molecule has 0 rings (SSSR count). The Kier molecular flexibility index (Phi) is 2.37. The highest BCUT2D eigenvalue weighted by Crippen LogP contribution is 1.72. The molecule has 0 aromatic heterocycles. The van der Waals surface area contributed by atoms with Gasteiger partial charge < -0.3 is 10.6 Å². The highest BCUT2D eigenvalue weighted by atomic mass is 32.2. The smallest absolute Gasteiger partial charge is 0.337 e. The molecule has 0 atom stereocenters. The minimum atomic E-state index is -4.49. The number of carbonyl (C=O) groups excluding carboxylic acids is 1. The summed E-state index contributed by atoms with van der Waals surface area (Å²) in [6.07, 6.45) is -1.35. The van der Waals surface area contributed by atoms with E-state index in [0.717, 1.165) is 4.89 Å². The highest BCUT2D eigenvalue weighted by molar-refractivity contribution is 7.83. The summed E-state index contributed by atoms with van der Waals surface area (Å²) in [5, 5.41) is 0. The van der Waals surface area contributed by atoms with E-state index in [2.05, 4.69) is 10.6 Å². The van der Waals surface area contributed by atoms with E-state index in [9.17, 15) is 13.2 Å². The van der Waals surface area contributed by atoms with Crippen LogP contribution >= 0.6 is 0 Å². The summed E-state index contributed by atoms with van der Waals surface area (Å²) in [6, 6.07) is 0. The molecule has 0 aliphatic rings. The molecule has 0 aliphatic heterocycles. The molecular weight excluding hydrogens is 152 g/mol. The zero-order valence-electron chi connectivity index (χ0n) is 4.07. The Balaban J connectivity index is 3.67. The number of hydrogen-bond acceptors (Lipinski definition) is 4. The third-order valence-corrected chi connectivity index (χ3v) is 0.542. The Morgan fingerprint density at radius 3 is 2.22 bits per heavy atom. The average Bonchev–Trinajstić information content (AvgIpc) is 1.59. The topological polar surface area (TPSA) is 119 Å². The van der Waals surface area contributed by atoms with Crippen molar-refractivity contribution in [2.75, 3.05) is 0 Å². The molecule has 0 saturated heterocycles. The Morgan fingerprint density at radius 1 is 1.67 bits per heavy atom. The number of hydrogen-bond donors (Lipinski definition) is 3. The number of amides is 1. The van der Waals surface area contributed by atoms with E-state index in [4.69, 9.17) is 4.55 Å². The van der Waals surface area contributed by atoms with E-state index in [-0.39, 0.29) is 0 Å². The molecule has 0 bridgehead atoms. The van der Waals surface area contributed by atoms with Crippen LogP contribution in [-0.4, -0.2) is 19.1 Å². The monoisotopic (exact) mass is 156 g/mol. The number of carbonyl (C=O) groups is 1. The average molecular weight is 156 g/mol. The molecular formula is CH4N2O5S. The van der Waals surface area contributed by atoms with Gasteiger partial charge in [-0.15, -0.1) is 0 Å². The van der Waals surface area contributed by atoms with Crippen molar-refractivity contribution in [1.82, 2.24) is 4.89 Å². The summed E-state index contributed by atoms with van der Waals surface area (Å²) in [6.45, 7) is 0. The molecule has 0 aliphatic carbocycles. The lowest BCUT2D eigenvalue weighted by Crippen LogP contribution is -2.29. The second-order valence-corrected chi connectivity index (χ2v) is 2.10. The molecule has 9 heavy (non-hydrogen) atoms. The summed E-state index contributed by atoms with van der Waals surface area (Å²) in [5.41, 5.74) is 4.30. The van der Waals surface area contributed by atoms with Gasteiger partial charge in [0.25, 0.3) is 0 Å². The molecule has 1 amide bonds. The second-order valence-electron chi connectivity index (χ2n) is 0.979. The van der Waals surface area contributed by atoms with Crippen molar-refractivity contribution < 1.29 is 22.6 Å². The van der Waals surface area contributed by atoms with Gasteiger partial charge in [0, 0.05) is 0 Å². The maximum Gasteiger partial charge on any atom is 0.424 e. The maximum absolute atomic E-state index is 9.65. The molecule has 54 valence electrons. The van der Waals surface area contributed by atoms with Crippen LogP contribution in [0.5, 0.6) is 0 Å². The highest BCUT2D eigenvalue weighted by Gasteiger charge is 2.03. The van der Waals surface area contributed by atoms with Crippen molar-refractivity contribution in [3.8, 4) is 0 Å². The van der Waals surface area contributed by atoms with Crippen LogP contribution in [0.25, 0.3) is 0 Å². The van der Waals surface area contributed by atoms with Gasteiger partial charge in [-0.25, -0.2) is 4.79 Å². The largest absolute Gasteiger partial charge is 0.424 e. The van der Waals surface area contributed by atoms with Crippen LogP contribution in [0.3, 0.4) is 0 Å². The van der Waals surface area contributed by atoms with Gasteiger partial charge in [-0.05, 0) is 4.89 Å². The predicted octanol–water partition coefficient (Wildman–Crippen LogP) is -1.61. The zero-order valence-corrected chi connectivity index (χ0v) is 4.88. The standard InChI is InChI=1S/CH4N2O5S/c2-1(4)8-3-9(5,6)7/h3H,(H2,2,4)(H,5,6,7). The molecule has 0 unspecified atom stereocenters. The Morgan fingerprint density at radius 2 is 2.11 bits per heavy atom. The number of nitrogens with two attached hydrogens (primary N) is 1. The van der Waals surface area contributed by atoms with Gasteiger partial charge in [0.05, 0.1) is 0 Å². The summed E-state index contributed by atoms with van der Waals surface area (Å²) in [4.78, 5) is 14.0. The first kappa shape index (κ1) is 8.14. The van der Waals surface area contributed by atoms with Gasteiger partial charge >= 0.3 is 16.4 Å². The van der Waals surface area contributed by atoms with Crippen molar-refractivity contribution in [1.29, 1.82) is 0 Å². The maximum atomic E-state index is 9.65. The van der Waals surface area contributed by atoms with E-state index in [1.54, 1.807) is 0 Å². The van der Waals surface area contributed by atoms with Crippen molar-refractivity contribution in [2.45, 2.75) is 0 Å². The van der Waals surface area contributed by atoms with E-state index in [1.165, 1.54) is 0 Å². The van der Waals surface area contributed by atoms with Crippen LogP contribution in [0.1, 0.15) is 0 Å². The fraction of sp³-hybridized carbons (Fsp3) is 0. The third kappa shape index (κ3) is 7.14. The summed E-state index contributed by atoms with van der Waals surface area (Å²) in [7, 11) is -4.49. The molecule has 0 aromatic carbocycles. The first-order chi connectivity index (χ1) is 3.92. The fourth-order valence-electron chi connectivity index (χ4n) is 0.0937. The Hall–Kier alpha value is -0.860. The van der Waals surface area contributed by atoms with E-state index in [0.29, 0.717) is 0 Å². The lowest BCUT2D eigenvalue weighted by Gasteiger charge is -1.95. The molecule has 0 radical (unpaired) electrons. The van der Waals surface area contributed by atoms with Gasteiger partial charge in [0.15, 0.2) is 0 Å². The van der Waals surface area contributed by atoms with Crippen LogP contribution in [-0.2, 0) is 15.1 Å². The van der Waals surface area contributed by atoms with Gasteiger partial charge in [-0.3, -0.25) is 4.55 Å². The lowest BCUT2D eigenvalue weighted by atomic mass is 11.3. The number of primary amides is 1. The molecule has 0 fully saturated rings. The fourth-order valence-corrected chi connectivity index (χ4v) is 0.281. The van der Waals surface area contributed by atoms with Crippen LogP contribution in [0.4, 0.5) is 4.79 Å². The van der Waals surface area contributed by atoms with Gasteiger partial charge in [-0.2, -0.15) is 8.42 Å². The van der Waals surface area contributed by atoms with Crippen molar-refractivity contribution >= 4 is 16.4 Å². The van der Waals surface area contributed by atoms with E-state index >= 15 is 0 Å². The third-order valence-electron chi connectivity index (χ3n) is 0.248. The second kappa shape index (κ2) is 2.62. The first-order valence-electron chi connectivity index (χ1n) is 1.62. The van der Waals surface area contributed by atoms with Gasteiger partial charge in [0.2, 0.25) is 0 Å². The van der Waals surface area contributed by atoms with Crippen LogP contribution in [0, 0.1) is 0 Å². The number of rotatable bonds is 2. The Labute approximate surface area is 50.6 Å². The zero-order chi connectivity index (χ0) is 7.49. The van der Waals surface area contributed by atoms with Crippen molar-refractivity contribution in [3.63, 3.8) is 0 Å². The normalized spacial score (nSPS) is 10.8. The SMILES string of the molecule is NC(=O)ONS(=O)(=O)O. The van der Waals surface area contributed by atoms with E-state index in [1.807, 2.05) is 0 Å². The van der Waals surface area contributed by atoms with Crippen molar-refractivity contribution in [2.24, 2.45) is 5.73 Å². The minimum absolute atomic E-state index is 0.975. The molecule has 7 nitrogen and oxygen atoms in total. The summed E-state index contributed by atoms with van der Waals surface area (Å²) < 4.78 is 27.1. The first-order valence-corrected chi connectivity index (χ1v) is 3.06. The summed E-state index contributed by atoms with van der Waals surface area (Å²) in [5.74, 6) is 0. The van der Waals surface area contributed by atoms with Crippen LogP contribution < -0.4 is 10.6 Å². The quantitative estimate of drug-likeness (QED) is 0.328. The van der Waals surface area contributed by atoms with E-state index < -0.39 is 16.4 Å². The van der Waals surface area contributed by atoms with Crippen molar-refractivity contribution in [3.05, 3.63) is 0 Å². The molecule has 0 spiro atoms. The number of nitrogens with one attached hydrogen (secondary N) is 1. The molecule has 4 N–H and O–H groups in total. The van der Waals surface area contributed by atoms with Gasteiger partial charge in [-0.1, -0.05) is 0 Å². The van der Waals surface area contributed by atoms with Gasteiger partial charge in [0.1, 0.15) is 0 Å². The van der Waals surface area contributed by atoms with Crippen LogP contribution in [0.2, 0.25) is 0 Å². The minimum Gasteiger partial charge on any atom is -0.337 e. The lowest BCUT2D eigenvalue weighted by molar-refractivity contribution is 0.130. The summed E-state index contributed by atoms with van der Waals surface area (Å²) >= 11 is 0. The molecule has 0 heterocycles. The molecule has 0 aromatic rings. The van der Waals surface area contributed by atoms with Crippen LogP contribution in [0.15, 0.2) is 0 Å². The Bertz CT molecular complexity index is 193. The predicted molar refractivity (Wildman–Crippen MR) is 25.4 cm³/mol.